The number of para-hydroxylation sites is 1. The summed E-state index contributed by atoms with van der Waals surface area (Å²) in [6.45, 7) is 5.51. The largest absolute Gasteiger partial charge is 0.309 e. The molecule has 7 aromatic rings. The van der Waals surface area contributed by atoms with E-state index in [2.05, 4.69) is 180 Å². The molecule has 4 heteroatoms. The highest BCUT2D eigenvalue weighted by Gasteiger charge is 2.36. The highest BCUT2D eigenvalue weighted by molar-refractivity contribution is 6.11. The fourth-order valence-corrected chi connectivity index (χ4v) is 7.78. The molecule has 9 rings (SSSR count). The fourth-order valence-electron chi connectivity index (χ4n) is 7.78. The number of fused-ring (bicyclic) bond motifs is 6. The molecule has 1 aliphatic carbocycles. The van der Waals surface area contributed by atoms with Crippen LogP contribution in [0.1, 0.15) is 54.0 Å². The predicted molar refractivity (Wildman–Crippen MR) is 189 cm³/mol. The third kappa shape index (κ3) is 4.26. The minimum Gasteiger partial charge on any atom is -0.309 e. The number of hydrazine groups is 1. The van der Waals surface area contributed by atoms with Gasteiger partial charge < -0.3 is 4.57 Å². The molecule has 0 radical (unpaired) electrons. The van der Waals surface area contributed by atoms with Crippen LogP contribution in [0.4, 0.5) is 0 Å². The Morgan fingerprint density at radius 2 is 1.28 bits per heavy atom. The first-order valence-electron chi connectivity index (χ1n) is 16.2. The van der Waals surface area contributed by atoms with Crippen molar-refractivity contribution in [2.75, 3.05) is 0 Å². The molecule has 2 unspecified atom stereocenters. The Bertz CT molecular complexity index is 2210. The summed E-state index contributed by atoms with van der Waals surface area (Å²) in [7, 11) is 0. The van der Waals surface area contributed by atoms with Crippen LogP contribution < -0.4 is 10.7 Å². The molecule has 46 heavy (non-hydrogen) atoms. The minimum absolute atomic E-state index is 0.0141. The van der Waals surface area contributed by atoms with Gasteiger partial charge in [0.15, 0.2) is 0 Å². The fraction of sp³-hybridized carbons (Fsp3) is 0.143. The van der Waals surface area contributed by atoms with Crippen molar-refractivity contribution < 1.29 is 0 Å². The van der Waals surface area contributed by atoms with Crippen LogP contribution in [-0.4, -0.2) is 9.58 Å². The molecular formula is C42H36N4. The predicted octanol–water partition coefficient (Wildman–Crippen LogP) is 9.40. The maximum atomic E-state index is 3.86. The second-order valence-electron chi connectivity index (χ2n) is 13.2. The summed E-state index contributed by atoms with van der Waals surface area (Å²) in [5.41, 5.74) is 16.6. The first-order chi connectivity index (χ1) is 22.6. The summed E-state index contributed by atoms with van der Waals surface area (Å²) in [5.74, 6) is 0. The van der Waals surface area contributed by atoms with E-state index in [1.807, 2.05) is 0 Å². The molecule has 1 aliphatic heterocycles. The SMILES string of the molecule is CC1(C)c2ccccc2-c2cc3c4ccccc4n(-c4ccc(C5NC(c6ccccc6)NN5Cc5ccccc5)cc4)c3cc21. The number of rotatable bonds is 5. The zero-order valence-corrected chi connectivity index (χ0v) is 26.1. The van der Waals surface area contributed by atoms with Crippen LogP contribution >= 0.6 is 0 Å². The molecule has 0 bridgehead atoms. The number of aromatic nitrogens is 1. The smallest absolute Gasteiger partial charge is 0.101 e. The average Bonchev–Trinajstić information content (AvgIpc) is 3.74. The maximum absolute atomic E-state index is 3.86. The molecule has 2 heterocycles. The van der Waals surface area contributed by atoms with Gasteiger partial charge in [0.05, 0.1) is 17.2 Å². The molecule has 0 saturated carbocycles. The van der Waals surface area contributed by atoms with Gasteiger partial charge in [0.2, 0.25) is 0 Å². The number of hydrogen-bond donors (Lipinski definition) is 2. The van der Waals surface area contributed by atoms with Crippen LogP contribution in [0, 0.1) is 0 Å². The maximum Gasteiger partial charge on any atom is 0.101 e. The normalized spacial score (nSPS) is 18.7. The summed E-state index contributed by atoms with van der Waals surface area (Å²) in [5, 5.41) is 8.77. The van der Waals surface area contributed by atoms with Crippen LogP contribution in [0.3, 0.4) is 0 Å². The quantitative estimate of drug-likeness (QED) is 0.208. The van der Waals surface area contributed by atoms with Crippen molar-refractivity contribution in [1.29, 1.82) is 0 Å². The highest BCUT2D eigenvalue weighted by Crippen LogP contribution is 2.51. The summed E-state index contributed by atoms with van der Waals surface area (Å²) in [6.07, 6.45) is 0.0432. The third-order valence-electron chi connectivity index (χ3n) is 10.1. The van der Waals surface area contributed by atoms with Crippen molar-refractivity contribution >= 4 is 21.8 Å². The van der Waals surface area contributed by atoms with Gasteiger partial charge in [0, 0.05) is 28.4 Å². The number of hydrogen-bond acceptors (Lipinski definition) is 3. The standard InChI is InChI=1S/C42H36N4/c1-42(2)36-19-11-9-17-32(36)34-25-35-33-18-10-12-20-38(33)46(39(35)26-37(34)42)31-23-21-30(22-24-31)41-43-40(29-15-7-4-8-16-29)44-45(41)27-28-13-5-3-6-14-28/h3-26,40-41,43-44H,27H2,1-2H3. The molecule has 2 atom stereocenters. The molecule has 224 valence electrons. The molecule has 1 saturated heterocycles. The number of nitrogens with one attached hydrogen (secondary N) is 2. The van der Waals surface area contributed by atoms with E-state index in [1.165, 1.54) is 66.4 Å². The van der Waals surface area contributed by atoms with E-state index in [1.54, 1.807) is 0 Å². The summed E-state index contributed by atoms with van der Waals surface area (Å²) < 4.78 is 2.45. The summed E-state index contributed by atoms with van der Waals surface area (Å²) >= 11 is 0. The molecule has 0 amide bonds. The van der Waals surface area contributed by atoms with Gasteiger partial charge in [-0.2, -0.15) is 0 Å². The zero-order valence-electron chi connectivity index (χ0n) is 26.1. The molecule has 2 aliphatic rings. The first-order valence-corrected chi connectivity index (χ1v) is 16.2. The Balaban J connectivity index is 1.13. The Kier molecular flexibility index (Phi) is 6.26. The molecule has 0 spiro atoms. The monoisotopic (exact) mass is 596 g/mol. The lowest BCUT2D eigenvalue weighted by Gasteiger charge is -2.24. The van der Waals surface area contributed by atoms with Gasteiger partial charge in [-0.1, -0.05) is 129 Å². The van der Waals surface area contributed by atoms with E-state index in [4.69, 9.17) is 0 Å². The summed E-state index contributed by atoms with van der Waals surface area (Å²) in [6, 6.07) is 53.0. The van der Waals surface area contributed by atoms with Gasteiger partial charge in [-0.15, -0.1) is 0 Å². The Hall–Kier alpha value is -5.00. The molecule has 1 aromatic heterocycles. The van der Waals surface area contributed by atoms with Crippen molar-refractivity contribution in [3.8, 4) is 16.8 Å². The van der Waals surface area contributed by atoms with Crippen molar-refractivity contribution in [3.05, 3.63) is 173 Å². The number of nitrogens with zero attached hydrogens (tertiary/aromatic N) is 2. The van der Waals surface area contributed by atoms with Crippen LogP contribution in [0.15, 0.2) is 146 Å². The molecule has 4 nitrogen and oxygen atoms in total. The van der Waals surface area contributed by atoms with E-state index in [0.29, 0.717) is 0 Å². The van der Waals surface area contributed by atoms with Gasteiger partial charge in [-0.3, -0.25) is 5.32 Å². The third-order valence-corrected chi connectivity index (χ3v) is 10.1. The second-order valence-corrected chi connectivity index (χ2v) is 13.2. The molecule has 2 N–H and O–H groups in total. The highest BCUT2D eigenvalue weighted by atomic mass is 15.6. The van der Waals surface area contributed by atoms with Gasteiger partial charge in [0.25, 0.3) is 0 Å². The lowest BCUT2D eigenvalue weighted by molar-refractivity contribution is 0.165. The van der Waals surface area contributed by atoms with E-state index >= 15 is 0 Å². The lowest BCUT2D eigenvalue weighted by Crippen LogP contribution is -2.33. The van der Waals surface area contributed by atoms with Crippen LogP contribution in [-0.2, 0) is 12.0 Å². The Labute approximate surface area is 269 Å². The summed E-state index contributed by atoms with van der Waals surface area (Å²) in [4.78, 5) is 0. The van der Waals surface area contributed by atoms with E-state index < -0.39 is 0 Å². The minimum atomic E-state index is -0.0517. The van der Waals surface area contributed by atoms with E-state index in [-0.39, 0.29) is 17.7 Å². The topological polar surface area (TPSA) is 32.2 Å². The van der Waals surface area contributed by atoms with Crippen molar-refractivity contribution in [1.82, 2.24) is 20.3 Å². The van der Waals surface area contributed by atoms with Crippen molar-refractivity contribution in [3.63, 3.8) is 0 Å². The van der Waals surface area contributed by atoms with Gasteiger partial charge in [0.1, 0.15) is 6.17 Å². The molecule has 1 fully saturated rings. The average molecular weight is 597 g/mol. The zero-order chi connectivity index (χ0) is 30.8. The van der Waals surface area contributed by atoms with E-state index in [0.717, 1.165) is 6.54 Å². The molecular weight excluding hydrogens is 560 g/mol. The van der Waals surface area contributed by atoms with E-state index in [9.17, 15) is 0 Å². The van der Waals surface area contributed by atoms with Crippen LogP contribution in [0.25, 0.3) is 38.6 Å². The van der Waals surface area contributed by atoms with Crippen LogP contribution in [0.2, 0.25) is 0 Å². The van der Waals surface area contributed by atoms with Crippen molar-refractivity contribution in [2.24, 2.45) is 0 Å². The van der Waals surface area contributed by atoms with Crippen LogP contribution in [0.5, 0.6) is 0 Å². The number of benzene rings is 6. The van der Waals surface area contributed by atoms with Gasteiger partial charge in [-0.25, -0.2) is 10.4 Å². The van der Waals surface area contributed by atoms with Gasteiger partial charge >= 0.3 is 0 Å². The molecule has 6 aromatic carbocycles. The second kappa shape index (κ2) is 10.5. The Morgan fingerprint density at radius 1 is 0.587 bits per heavy atom. The van der Waals surface area contributed by atoms with Crippen molar-refractivity contribution in [2.45, 2.75) is 38.1 Å². The van der Waals surface area contributed by atoms with Gasteiger partial charge in [-0.05, 0) is 69.3 Å². The lowest BCUT2D eigenvalue weighted by atomic mass is 9.82. The first kappa shape index (κ1) is 27.3. The Morgan fingerprint density at radius 3 is 2.09 bits per heavy atom.